The first-order chi connectivity index (χ1) is 8.63. The van der Waals surface area contributed by atoms with Crippen LogP contribution in [0.25, 0.3) is 0 Å². The van der Waals surface area contributed by atoms with E-state index in [1.165, 1.54) is 18.6 Å². The quantitative estimate of drug-likeness (QED) is 0.885. The Bertz CT molecular complexity index is 375. The largest absolute Gasteiger partial charge is 0.379 e. The monoisotopic (exact) mass is 271 g/mol. The number of thioether (sulfide) groups is 1. The first kappa shape index (κ1) is 13.8. The number of hydrogen-bond acceptors (Lipinski definition) is 6. The molecule has 0 spiro atoms. The number of rotatable bonds is 5. The molecule has 0 aromatic carbocycles. The van der Waals surface area contributed by atoms with Crippen LogP contribution in [-0.4, -0.2) is 29.1 Å². The van der Waals surface area contributed by atoms with Crippen molar-refractivity contribution in [3.8, 4) is 0 Å². The highest BCUT2D eigenvalue weighted by Gasteiger charge is 2.30. The lowest BCUT2D eigenvalue weighted by Gasteiger charge is -2.20. The molecule has 1 aromatic rings. The van der Waals surface area contributed by atoms with Crippen molar-refractivity contribution >= 4 is 11.8 Å². The number of nitrogens with zero attached hydrogens (tertiary/aromatic N) is 2. The topological polar surface area (TPSA) is 74.2 Å². The predicted molar refractivity (Wildman–Crippen MR) is 71.4 cm³/mol. The summed E-state index contributed by atoms with van der Waals surface area (Å²) in [5.41, 5.74) is 5.47. The van der Waals surface area contributed by atoms with Crippen LogP contribution in [0.3, 0.4) is 0 Å². The molecule has 0 bridgehead atoms. The van der Waals surface area contributed by atoms with Gasteiger partial charge in [0.15, 0.2) is 5.82 Å². The van der Waals surface area contributed by atoms with Gasteiger partial charge in [-0.1, -0.05) is 11.6 Å². The van der Waals surface area contributed by atoms with E-state index in [0.717, 1.165) is 6.42 Å². The number of nitrogens with two attached hydrogens (primary N) is 1. The molecule has 2 rings (SSSR count). The molecular weight excluding hydrogens is 250 g/mol. The fraction of sp³-hybridized carbons (Fsp3) is 0.833. The Morgan fingerprint density at radius 2 is 2.39 bits per heavy atom. The summed E-state index contributed by atoms with van der Waals surface area (Å²) in [4.78, 5) is 4.45. The van der Waals surface area contributed by atoms with Crippen LogP contribution in [0, 0.1) is 0 Å². The van der Waals surface area contributed by atoms with Gasteiger partial charge in [0.05, 0.1) is 11.9 Å². The zero-order valence-electron chi connectivity index (χ0n) is 11.0. The Balaban J connectivity index is 2.04. The zero-order chi connectivity index (χ0) is 13.0. The number of hydrogen-bond donors (Lipinski definition) is 1. The standard InChI is InChI=1S/C12H21N3O2S/c1-3-16-8-12(2,13)11-14-10(17-15-11)9-6-4-5-7-18-9/h9H,3-8,13H2,1-2H3. The fourth-order valence-electron chi connectivity index (χ4n) is 1.91. The first-order valence-corrected chi connectivity index (χ1v) is 7.50. The lowest BCUT2D eigenvalue weighted by molar-refractivity contribution is 0.0962. The van der Waals surface area contributed by atoms with Crippen molar-refractivity contribution in [3.05, 3.63) is 11.7 Å². The van der Waals surface area contributed by atoms with Crippen molar-refractivity contribution in [1.29, 1.82) is 0 Å². The molecule has 1 aliphatic heterocycles. The van der Waals surface area contributed by atoms with Crippen molar-refractivity contribution in [1.82, 2.24) is 10.1 Å². The molecule has 0 saturated carbocycles. The average Bonchev–Trinajstić information content (AvgIpc) is 2.88. The summed E-state index contributed by atoms with van der Waals surface area (Å²) in [5, 5.41) is 4.35. The maximum atomic E-state index is 6.15. The van der Waals surface area contributed by atoms with E-state index in [-0.39, 0.29) is 0 Å². The van der Waals surface area contributed by atoms with Gasteiger partial charge < -0.3 is 15.0 Å². The highest BCUT2D eigenvalue weighted by atomic mass is 32.2. The van der Waals surface area contributed by atoms with E-state index in [1.807, 2.05) is 25.6 Å². The maximum Gasteiger partial charge on any atom is 0.239 e. The van der Waals surface area contributed by atoms with Gasteiger partial charge in [0.2, 0.25) is 5.89 Å². The van der Waals surface area contributed by atoms with Gasteiger partial charge in [-0.15, -0.1) is 11.8 Å². The predicted octanol–water partition coefficient (Wildman–Crippen LogP) is 2.24. The van der Waals surface area contributed by atoms with E-state index < -0.39 is 5.54 Å². The van der Waals surface area contributed by atoms with Crippen LogP contribution in [0.15, 0.2) is 4.52 Å². The van der Waals surface area contributed by atoms with Crippen LogP contribution in [-0.2, 0) is 10.3 Å². The van der Waals surface area contributed by atoms with Crippen LogP contribution >= 0.6 is 11.8 Å². The summed E-state index contributed by atoms with van der Waals surface area (Å²) < 4.78 is 10.7. The molecule has 0 aliphatic carbocycles. The summed E-state index contributed by atoms with van der Waals surface area (Å²) in [5.74, 6) is 2.42. The zero-order valence-corrected chi connectivity index (χ0v) is 11.8. The van der Waals surface area contributed by atoms with E-state index in [0.29, 0.717) is 30.2 Å². The van der Waals surface area contributed by atoms with Gasteiger partial charge in [-0.2, -0.15) is 4.98 Å². The van der Waals surface area contributed by atoms with E-state index in [2.05, 4.69) is 10.1 Å². The van der Waals surface area contributed by atoms with Gasteiger partial charge in [0, 0.05) is 6.61 Å². The van der Waals surface area contributed by atoms with E-state index in [4.69, 9.17) is 15.0 Å². The van der Waals surface area contributed by atoms with Crippen molar-refractivity contribution in [2.24, 2.45) is 5.73 Å². The molecule has 1 saturated heterocycles. The minimum Gasteiger partial charge on any atom is -0.379 e. The molecule has 1 aromatic heterocycles. The Morgan fingerprint density at radius 1 is 1.56 bits per heavy atom. The van der Waals surface area contributed by atoms with Crippen LogP contribution in [0.4, 0.5) is 0 Å². The van der Waals surface area contributed by atoms with Crippen LogP contribution in [0.1, 0.15) is 50.1 Å². The number of ether oxygens (including phenoxy) is 1. The first-order valence-electron chi connectivity index (χ1n) is 6.46. The second kappa shape index (κ2) is 6.04. The highest BCUT2D eigenvalue weighted by Crippen LogP contribution is 2.37. The Hall–Kier alpha value is -0.590. The molecule has 0 radical (unpaired) electrons. The minimum absolute atomic E-state index is 0.336. The summed E-state index contributed by atoms with van der Waals surface area (Å²) in [6.45, 7) is 4.85. The third kappa shape index (κ3) is 3.24. The van der Waals surface area contributed by atoms with E-state index >= 15 is 0 Å². The third-order valence-electron chi connectivity index (χ3n) is 3.01. The van der Waals surface area contributed by atoms with Crippen molar-refractivity contribution < 1.29 is 9.26 Å². The van der Waals surface area contributed by atoms with Gasteiger partial charge in [-0.25, -0.2) is 0 Å². The normalized spacial score (nSPS) is 23.8. The molecule has 0 amide bonds. The SMILES string of the molecule is CCOCC(C)(N)c1noc(C2CCCCS2)n1. The lowest BCUT2D eigenvalue weighted by atomic mass is 10.1. The smallest absolute Gasteiger partial charge is 0.239 e. The van der Waals surface area contributed by atoms with Crippen molar-refractivity contribution in [2.75, 3.05) is 19.0 Å². The molecular formula is C12H21N3O2S. The lowest BCUT2D eigenvalue weighted by Crippen LogP contribution is -2.39. The third-order valence-corrected chi connectivity index (χ3v) is 4.38. The maximum absolute atomic E-state index is 6.15. The molecule has 1 aliphatic rings. The van der Waals surface area contributed by atoms with Gasteiger partial charge >= 0.3 is 0 Å². The second-order valence-corrected chi connectivity index (χ2v) is 6.18. The van der Waals surface area contributed by atoms with Gasteiger partial charge in [-0.05, 0) is 32.4 Å². The molecule has 102 valence electrons. The Kier molecular flexibility index (Phi) is 4.64. The number of aromatic nitrogens is 2. The molecule has 5 nitrogen and oxygen atoms in total. The van der Waals surface area contributed by atoms with E-state index in [1.54, 1.807) is 0 Å². The molecule has 2 unspecified atom stereocenters. The Labute approximate surface area is 112 Å². The molecule has 2 atom stereocenters. The Morgan fingerprint density at radius 3 is 3.06 bits per heavy atom. The summed E-state index contributed by atoms with van der Waals surface area (Å²) in [6, 6.07) is 0. The summed E-state index contributed by atoms with van der Waals surface area (Å²) in [7, 11) is 0. The van der Waals surface area contributed by atoms with Crippen molar-refractivity contribution in [3.63, 3.8) is 0 Å². The average molecular weight is 271 g/mol. The molecule has 2 N–H and O–H groups in total. The van der Waals surface area contributed by atoms with E-state index in [9.17, 15) is 0 Å². The van der Waals surface area contributed by atoms with Crippen LogP contribution < -0.4 is 5.73 Å². The molecule has 18 heavy (non-hydrogen) atoms. The molecule has 2 heterocycles. The van der Waals surface area contributed by atoms with Crippen LogP contribution in [0.5, 0.6) is 0 Å². The molecule has 1 fully saturated rings. The summed E-state index contributed by atoms with van der Waals surface area (Å²) >= 11 is 1.89. The second-order valence-electron chi connectivity index (χ2n) is 4.87. The highest BCUT2D eigenvalue weighted by molar-refractivity contribution is 7.99. The van der Waals surface area contributed by atoms with Gasteiger partial charge in [0.1, 0.15) is 5.54 Å². The fourth-order valence-corrected chi connectivity index (χ4v) is 3.14. The van der Waals surface area contributed by atoms with Gasteiger partial charge in [-0.3, -0.25) is 0 Å². The summed E-state index contributed by atoms with van der Waals surface area (Å²) in [6.07, 6.45) is 3.62. The van der Waals surface area contributed by atoms with Crippen LogP contribution in [0.2, 0.25) is 0 Å². The minimum atomic E-state index is -0.683. The molecule has 6 heteroatoms. The van der Waals surface area contributed by atoms with Gasteiger partial charge in [0.25, 0.3) is 0 Å². The van der Waals surface area contributed by atoms with Crippen molar-refractivity contribution in [2.45, 2.75) is 43.9 Å².